The summed E-state index contributed by atoms with van der Waals surface area (Å²) in [5.74, 6) is 0.0832. The highest BCUT2D eigenvalue weighted by molar-refractivity contribution is 5.62. The molecule has 0 bridgehead atoms. The topological polar surface area (TPSA) is 82.1 Å². The molecule has 0 aliphatic heterocycles. The van der Waals surface area contributed by atoms with Crippen molar-refractivity contribution in [3.8, 4) is 0 Å². The van der Waals surface area contributed by atoms with E-state index >= 15 is 0 Å². The van der Waals surface area contributed by atoms with Crippen LogP contribution in [0.4, 0.5) is 9.59 Å². The molecule has 0 aromatic rings. The summed E-state index contributed by atoms with van der Waals surface area (Å²) in [7, 11) is 0. The summed E-state index contributed by atoms with van der Waals surface area (Å²) in [5, 5.41) is 8.07. The van der Waals surface area contributed by atoms with Crippen molar-refractivity contribution in [3.63, 3.8) is 0 Å². The molecule has 0 saturated heterocycles. The van der Waals surface area contributed by atoms with E-state index in [2.05, 4.69) is 9.78 Å². The Balaban J connectivity index is 4.19. The van der Waals surface area contributed by atoms with Gasteiger partial charge >= 0.3 is 12.3 Å². The van der Waals surface area contributed by atoms with E-state index in [0.29, 0.717) is 6.42 Å². The third-order valence-corrected chi connectivity index (χ3v) is 2.42. The third-order valence-electron chi connectivity index (χ3n) is 2.42. The van der Waals surface area contributed by atoms with Crippen LogP contribution in [0.5, 0.6) is 0 Å². The molecule has 0 saturated carbocycles. The molecule has 0 fully saturated rings. The molecular formula is C9H16O6. The highest BCUT2D eigenvalue weighted by atomic mass is 17.3. The third kappa shape index (κ3) is 4.53. The SMILES string of the molecule is CC[C@](C)(OC(=O)OOC(=O)O)C(C)C. The van der Waals surface area contributed by atoms with Crippen LogP contribution in [0.3, 0.4) is 0 Å². The molecule has 0 aromatic heterocycles. The zero-order valence-electron chi connectivity index (χ0n) is 9.27. The lowest BCUT2D eigenvalue weighted by Gasteiger charge is -2.30. The number of carboxylic acid groups (broad SMARTS) is 1. The summed E-state index contributed by atoms with van der Waals surface area (Å²) in [6, 6.07) is 0. The van der Waals surface area contributed by atoms with Crippen molar-refractivity contribution in [3.05, 3.63) is 0 Å². The smallest absolute Gasteiger partial charge is 0.447 e. The van der Waals surface area contributed by atoms with E-state index in [-0.39, 0.29) is 5.92 Å². The zero-order valence-corrected chi connectivity index (χ0v) is 9.27. The van der Waals surface area contributed by atoms with Crippen LogP contribution in [-0.4, -0.2) is 23.0 Å². The first-order chi connectivity index (χ1) is 6.81. The normalized spacial score (nSPS) is 14.2. The number of rotatable bonds is 3. The lowest BCUT2D eigenvalue weighted by molar-refractivity contribution is -0.225. The quantitative estimate of drug-likeness (QED) is 0.447. The van der Waals surface area contributed by atoms with Crippen LogP contribution in [0, 0.1) is 5.92 Å². The van der Waals surface area contributed by atoms with Crippen molar-refractivity contribution in [1.29, 1.82) is 0 Å². The van der Waals surface area contributed by atoms with E-state index in [1.807, 2.05) is 20.8 Å². The van der Waals surface area contributed by atoms with Gasteiger partial charge < -0.3 is 9.84 Å². The average Bonchev–Trinajstić information content (AvgIpc) is 2.14. The monoisotopic (exact) mass is 220 g/mol. The summed E-state index contributed by atoms with van der Waals surface area (Å²) in [4.78, 5) is 28.4. The van der Waals surface area contributed by atoms with Gasteiger partial charge in [-0.2, -0.15) is 9.68 Å². The Kier molecular flexibility index (Phi) is 4.90. The molecule has 0 spiro atoms. The first kappa shape index (κ1) is 13.5. The highest BCUT2D eigenvalue weighted by Gasteiger charge is 2.32. The van der Waals surface area contributed by atoms with E-state index in [4.69, 9.17) is 9.84 Å². The van der Waals surface area contributed by atoms with Gasteiger partial charge in [0, 0.05) is 0 Å². The van der Waals surface area contributed by atoms with Gasteiger partial charge in [-0.3, -0.25) is 0 Å². The van der Waals surface area contributed by atoms with Gasteiger partial charge in [0.15, 0.2) is 0 Å². The Morgan fingerprint density at radius 1 is 1.33 bits per heavy atom. The molecule has 15 heavy (non-hydrogen) atoms. The summed E-state index contributed by atoms with van der Waals surface area (Å²) < 4.78 is 4.95. The van der Waals surface area contributed by atoms with Crippen LogP contribution in [-0.2, 0) is 14.5 Å². The van der Waals surface area contributed by atoms with Gasteiger partial charge in [0.1, 0.15) is 5.60 Å². The van der Waals surface area contributed by atoms with Crippen molar-refractivity contribution in [2.24, 2.45) is 5.92 Å². The van der Waals surface area contributed by atoms with Gasteiger partial charge in [-0.05, 0) is 19.3 Å². The molecule has 1 atom stereocenters. The zero-order chi connectivity index (χ0) is 12.1. The second-order valence-corrected chi connectivity index (χ2v) is 3.61. The molecule has 0 aliphatic rings. The summed E-state index contributed by atoms with van der Waals surface area (Å²) >= 11 is 0. The van der Waals surface area contributed by atoms with Crippen molar-refractivity contribution >= 4 is 12.3 Å². The summed E-state index contributed by atoms with van der Waals surface area (Å²) in [5.41, 5.74) is -0.695. The van der Waals surface area contributed by atoms with E-state index in [0.717, 1.165) is 0 Å². The average molecular weight is 220 g/mol. The maximum Gasteiger partial charge on any atom is 0.550 e. The van der Waals surface area contributed by atoms with Crippen molar-refractivity contribution in [2.75, 3.05) is 0 Å². The number of carbonyl (C=O) groups is 2. The Hall–Kier alpha value is -1.46. The second-order valence-electron chi connectivity index (χ2n) is 3.61. The number of hydrogen-bond donors (Lipinski definition) is 1. The minimum Gasteiger partial charge on any atom is -0.447 e. The summed E-state index contributed by atoms with van der Waals surface area (Å²) in [6.45, 7) is 7.36. The largest absolute Gasteiger partial charge is 0.550 e. The molecule has 88 valence electrons. The van der Waals surface area contributed by atoms with Gasteiger partial charge in [-0.15, -0.1) is 0 Å². The maximum absolute atomic E-state index is 11.0. The van der Waals surface area contributed by atoms with Crippen LogP contribution in [0.1, 0.15) is 34.1 Å². The molecule has 6 heteroatoms. The van der Waals surface area contributed by atoms with Crippen molar-refractivity contribution < 1.29 is 29.2 Å². The van der Waals surface area contributed by atoms with Gasteiger partial charge in [-0.25, -0.2) is 9.68 Å². The number of hydrogen-bond acceptors (Lipinski definition) is 5. The van der Waals surface area contributed by atoms with E-state index in [1.54, 1.807) is 6.92 Å². The fourth-order valence-electron chi connectivity index (χ4n) is 0.875. The lowest BCUT2D eigenvalue weighted by atomic mass is 9.90. The second kappa shape index (κ2) is 5.43. The van der Waals surface area contributed by atoms with Crippen molar-refractivity contribution in [2.45, 2.75) is 39.7 Å². The molecule has 6 nitrogen and oxygen atoms in total. The Bertz CT molecular complexity index is 237. The van der Waals surface area contributed by atoms with E-state index in [9.17, 15) is 9.59 Å². The first-order valence-corrected chi connectivity index (χ1v) is 4.62. The number of carbonyl (C=O) groups excluding carboxylic acids is 1. The van der Waals surface area contributed by atoms with Gasteiger partial charge in [0.05, 0.1) is 0 Å². The van der Waals surface area contributed by atoms with Crippen LogP contribution >= 0.6 is 0 Å². The Labute approximate surface area is 88.0 Å². The van der Waals surface area contributed by atoms with E-state index in [1.165, 1.54) is 0 Å². The van der Waals surface area contributed by atoms with Crippen LogP contribution < -0.4 is 0 Å². The Morgan fingerprint density at radius 3 is 2.20 bits per heavy atom. The molecule has 0 heterocycles. The molecular weight excluding hydrogens is 204 g/mol. The maximum atomic E-state index is 11.0. The molecule has 0 radical (unpaired) electrons. The number of ether oxygens (including phenoxy) is 1. The van der Waals surface area contributed by atoms with Crippen LogP contribution in [0.15, 0.2) is 0 Å². The Morgan fingerprint density at radius 2 is 1.87 bits per heavy atom. The van der Waals surface area contributed by atoms with E-state index < -0.39 is 17.9 Å². The molecule has 0 aliphatic carbocycles. The van der Waals surface area contributed by atoms with Gasteiger partial charge in [0.2, 0.25) is 0 Å². The molecule has 1 N–H and O–H groups in total. The van der Waals surface area contributed by atoms with Crippen LogP contribution in [0.2, 0.25) is 0 Å². The lowest BCUT2D eigenvalue weighted by Crippen LogP contribution is -2.36. The predicted molar refractivity (Wildman–Crippen MR) is 50.2 cm³/mol. The molecule has 0 aromatic carbocycles. The van der Waals surface area contributed by atoms with Crippen molar-refractivity contribution in [1.82, 2.24) is 0 Å². The minimum absolute atomic E-state index is 0.0832. The van der Waals surface area contributed by atoms with Gasteiger partial charge in [-0.1, -0.05) is 20.8 Å². The summed E-state index contributed by atoms with van der Waals surface area (Å²) in [6.07, 6.45) is -2.27. The minimum atomic E-state index is -1.70. The van der Waals surface area contributed by atoms with Crippen LogP contribution in [0.25, 0.3) is 0 Å². The standard InChI is InChI=1S/C9H16O6/c1-5-9(4,6(2)3)13-8(12)15-14-7(10)11/h6H,5H2,1-4H3,(H,10,11)/t9-/m0/s1. The molecule has 0 amide bonds. The molecule has 0 rings (SSSR count). The first-order valence-electron chi connectivity index (χ1n) is 4.62. The van der Waals surface area contributed by atoms with Gasteiger partial charge in [0.25, 0.3) is 0 Å². The predicted octanol–water partition coefficient (Wildman–Crippen LogP) is 2.57. The fourth-order valence-corrected chi connectivity index (χ4v) is 0.875. The fraction of sp³-hybridized carbons (Fsp3) is 0.778. The molecule has 0 unspecified atom stereocenters. The highest BCUT2D eigenvalue weighted by Crippen LogP contribution is 2.25.